The number of nitrogens with one attached hydrogen (secondary N) is 1. The van der Waals surface area contributed by atoms with Crippen LogP contribution in [-0.4, -0.2) is 23.0 Å². The quantitative estimate of drug-likeness (QED) is 0.734. The SMILES string of the molecule is O=C(O)[C@H]1CC[C@@H](C(=O)NC2CC=CCC2)C1. The van der Waals surface area contributed by atoms with Crippen LogP contribution in [0, 0.1) is 11.8 Å². The first kappa shape index (κ1) is 12.1. The summed E-state index contributed by atoms with van der Waals surface area (Å²) >= 11 is 0. The number of rotatable bonds is 3. The van der Waals surface area contributed by atoms with Crippen LogP contribution >= 0.6 is 0 Å². The lowest BCUT2D eigenvalue weighted by molar-refractivity contribution is -0.141. The van der Waals surface area contributed by atoms with E-state index in [1.807, 2.05) is 0 Å². The summed E-state index contributed by atoms with van der Waals surface area (Å²) in [5.74, 6) is -1.13. The van der Waals surface area contributed by atoms with Gasteiger partial charge >= 0.3 is 5.97 Å². The Balaban J connectivity index is 1.80. The monoisotopic (exact) mass is 237 g/mol. The van der Waals surface area contributed by atoms with Gasteiger partial charge in [-0.05, 0) is 38.5 Å². The molecular formula is C13H19NO3. The molecule has 3 atom stereocenters. The summed E-state index contributed by atoms with van der Waals surface area (Å²) in [6.45, 7) is 0. The van der Waals surface area contributed by atoms with E-state index in [2.05, 4.69) is 17.5 Å². The number of hydrogen-bond acceptors (Lipinski definition) is 2. The average molecular weight is 237 g/mol. The summed E-state index contributed by atoms with van der Waals surface area (Å²) in [5, 5.41) is 11.9. The molecule has 1 amide bonds. The molecule has 2 N–H and O–H groups in total. The fourth-order valence-electron chi connectivity index (χ4n) is 2.69. The number of hydrogen-bond donors (Lipinski definition) is 2. The van der Waals surface area contributed by atoms with Gasteiger partial charge in [0.05, 0.1) is 5.92 Å². The van der Waals surface area contributed by atoms with E-state index in [9.17, 15) is 9.59 Å². The van der Waals surface area contributed by atoms with Gasteiger partial charge in [0, 0.05) is 12.0 Å². The standard InChI is InChI=1S/C13H19NO3/c15-12(14-11-4-2-1-3-5-11)9-6-7-10(8-9)13(16)17/h1-2,9-11H,3-8H2,(H,14,15)(H,16,17)/t9-,10+,11?/m1/s1. The van der Waals surface area contributed by atoms with E-state index < -0.39 is 5.97 Å². The van der Waals surface area contributed by atoms with Crippen LogP contribution < -0.4 is 5.32 Å². The van der Waals surface area contributed by atoms with Gasteiger partial charge in [0.1, 0.15) is 0 Å². The van der Waals surface area contributed by atoms with Crippen LogP contribution in [0.4, 0.5) is 0 Å². The van der Waals surface area contributed by atoms with Crippen LogP contribution in [0.3, 0.4) is 0 Å². The maximum absolute atomic E-state index is 12.0. The number of aliphatic carboxylic acids is 1. The Labute approximate surface area is 101 Å². The fraction of sp³-hybridized carbons (Fsp3) is 0.692. The lowest BCUT2D eigenvalue weighted by Crippen LogP contribution is -2.38. The summed E-state index contributed by atoms with van der Waals surface area (Å²) in [6, 6.07) is 0.247. The molecule has 4 nitrogen and oxygen atoms in total. The summed E-state index contributed by atoms with van der Waals surface area (Å²) in [6.07, 6.45) is 9.01. The predicted molar refractivity (Wildman–Crippen MR) is 63.4 cm³/mol. The fourth-order valence-corrected chi connectivity index (χ4v) is 2.69. The first-order valence-electron chi connectivity index (χ1n) is 6.35. The first-order valence-corrected chi connectivity index (χ1v) is 6.35. The van der Waals surface area contributed by atoms with Crippen molar-refractivity contribution in [2.75, 3.05) is 0 Å². The van der Waals surface area contributed by atoms with Gasteiger partial charge in [-0.3, -0.25) is 9.59 Å². The van der Waals surface area contributed by atoms with Crippen molar-refractivity contribution >= 4 is 11.9 Å². The Kier molecular flexibility index (Phi) is 3.82. The molecule has 2 rings (SSSR count). The van der Waals surface area contributed by atoms with E-state index in [-0.39, 0.29) is 23.8 Å². The Morgan fingerprint density at radius 3 is 2.47 bits per heavy atom. The van der Waals surface area contributed by atoms with Crippen molar-refractivity contribution in [1.29, 1.82) is 0 Å². The normalized spacial score (nSPS) is 32.4. The highest BCUT2D eigenvalue weighted by atomic mass is 16.4. The molecule has 0 bridgehead atoms. The average Bonchev–Trinajstić information content (AvgIpc) is 2.79. The van der Waals surface area contributed by atoms with Crippen molar-refractivity contribution in [2.24, 2.45) is 11.8 Å². The van der Waals surface area contributed by atoms with Gasteiger partial charge in [-0.1, -0.05) is 12.2 Å². The van der Waals surface area contributed by atoms with Gasteiger partial charge in [0.25, 0.3) is 0 Å². The van der Waals surface area contributed by atoms with Crippen molar-refractivity contribution in [1.82, 2.24) is 5.32 Å². The van der Waals surface area contributed by atoms with Crippen LogP contribution in [0.15, 0.2) is 12.2 Å². The van der Waals surface area contributed by atoms with Gasteiger partial charge in [0.15, 0.2) is 0 Å². The number of carbonyl (C=O) groups excluding carboxylic acids is 1. The van der Waals surface area contributed by atoms with Crippen molar-refractivity contribution in [3.63, 3.8) is 0 Å². The molecule has 4 heteroatoms. The molecule has 2 aliphatic rings. The number of carboxylic acid groups (broad SMARTS) is 1. The van der Waals surface area contributed by atoms with Gasteiger partial charge in [-0.25, -0.2) is 0 Å². The molecular weight excluding hydrogens is 218 g/mol. The Morgan fingerprint density at radius 1 is 1.12 bits per heavy atom. The number of allylic oxidation sites excluding steroid dienone is 1. The lowest BCUT2D eigenvalue weighted by Gasteiger charge is -2.21. The minimum atomic E-state index is -0.763. The summed E-state index contributed by atoms with van der Waals surface area (Å²) in [7, 11) is 0. The minimum Gasteiger partial charge on any atom is -0.481 e. The summed E-state index contributed by atoms with van der Waals surface area (Å²) in [4.78, 5) is 22.8. The topological polar surface area (TPSA) is 66.4 Å². The molecule has 94 valence electrons. The highest BCUT2D eigenvalue weighted by molar-refractivity contribution is 5.81. The van der Waals surface area contributed by atoms with Gasteiger partial charge in [0.2, 0.25) is 5.91 Å². The van der Waals surface area contributed by atoms with E-state index >= 15 is 0 Å². The molecule has 1 unspecified atom stereocenters. The van der Waals surface area contributed by atoms with Crippen LogP contribution in [-0.2, 0) is 9.59 Å². The second-order valence-corrected chi connectivity index (χ2v) is 5.04. The zero-order valence-electron chi connectivity index (χ0n) is 9.89. The number of amides is 1. The van der Waals surface area contributed by atoms with Crippen LogP contribution in [0.1, 0.15) is 38.5 Å². The van der Waals surface area contributed by atoms with E-state index in [0.717, 1.165) is 19.3 Å². The minimum absolute atomic E-state index is 0.0500. The first-order chi connectivity index (χ1) is 8.16. The third-order valence-corrected chi connectivity index (χ3v) is 3.77. The molecule has 0 aromatic carbocycles. The van der Waals surface area contributed by atoms with Crippen LogP contribution in [0.2, 0.25) is 0 Å². The maximum Gasteiger partial charge on any atom is 0.306 e. The van der Waals surface area contributed by atoms with Crippen molar-refractivity contribution in [3.05, 3.63) is 12.2 Å². The second-order valence-electron chi connectivity index (χ2n) is 5.04. The maximum atomic E-state index is 12.0. The highest BCUT2D eigenvalue weighted by Gasteiger charge is 2.34. The molecule has 0 heterocycles. The zero-order valence-corrected chi connectivity index (χ0v) is 9.89. The third kappa shape index (κ3) is 3.08. The molecule has 0 spiro atoms. The van der Waals surface area contributed by atoms with E-state index in [0.29, 0.717) is 19.3 Å². The Morgan fingerprint density at radius 2 is 1.88 bits per heavy atom. The third-order valence-electron chi connectivity index (χ3n) is 3.77. The van der Waals surface area contributed by atoms with E-state index in [1.54, 1.807) is 0 Å². The number of carboxylic acids is 1. The Bertz CT molecular complexity index is 338. The molecule has 1 fully saturated rings. The van der Waals surface area contributed by atoms with Gasteiger partial charge in [-0.15, -0.1) is 0 Å². The highest BCUT2D eigenvalue weighted by Crippen LogP contribution is 2.31. The predicted octanol–water partition coefficient (Wildman–Crippen LogP) is 1.71. The molecule has 0 radical (unpaired) electrons. The van der Waals surface area contributed by atoms with Crippen molar-refractivity contribution in [2.45, 2.75) is 44.6 Å². The largest absolute Gasteiger partial charge is 0.481 e. The van der Waals surface area contributed by atoms with Crippen molar-refractivity contribution < 1.29 is 14.7 Å². The van der Waals surface area contributed by atoms with Gasteiger partial charge < -0.3 is 10.4 Å². The lowest BCUT2D eigenvalue weighted by atomic mass is 9.99. The van der Waals surface area contributed by atoms with Gasteiger partial charge in [-0.2, -0.15) is 0 Å². The van der Waals surface area contributed by atoms with Crippen molar-refractivity contribution in [3.8, 4) is 0 Å². The molecule has 0 aliphatic heterocycles. The smallest absolute Gasteiger partial charge is 0.306 e. The summed E-state index contributed by atoms with van der Waals surface area (Å²) in [5.41, 5.74) is 0. The number of carbonyl (C=O) groups is 2. The second kappa shape index (κ2) is 5.34. The molecule has 2 aliphatic carbocycles. The summed E-state index contributed by atoms with van der Waals surface area (Å²) < 4.78 is 0. The molecule has 0 aromatic rings. The molecule has 0 saturated heterocycles. The zero-order chi connectivity index (χ0) is 12.3. The molecule has 1 saturated carbocycles. The van der Waals surface area contributed by atoms with Crippen LogP contribution in [0.25, 0.3) is 0 Å². The Hall–Kier alpha value is -1.32. The van der Waals surface area contributed by atoms with E-state index in [4.69, 9.17) is 5.11 Å². The van der Waals surface area contributed by atoms with Crippen LogP contribution in [0.5, 0.6) is 0 Å². The molecule has 0 aromatic heterocycles. The van der Waals surface area contributed by atoms with E-state index in [1.165, 1.54) is 0 Å². The molecule has 17 heavy (non-hydrogen) atoms.